The first-order valence-electron chi connectivity index (χ1n) is 6.45. The largest absolute Gasteiger partial charge is 0.398 e. The Balaban J connectivity index is 3.06. The lowest BCUT2D eigenvalue weighted by Crippen LogP contribution is -2.38. The molecular weight excluding hydrogens is 258 g/mol. The minimum atomic E-state index is -0.532. The molecule has 6 heteroatoms. The van der Waals surface area contributed by atoms with Crippen LogP contribution >= 0.6 is 0 Å². The molecule has 0 aliphatic heterocycles. The Labute approximate surface area is 119 Å². The smallest absolute Gasteiger partial charge is 0.250 e. The predicted octanol–water partition coefficient (Wildman–Crippen LogP) is 0.855. The van der Waals surface area contributed by atoms with Gasteiger partial charge in [0.1, 0.15) is 0 Å². The Hall–Kier alpha value is -1.79. The van der Waals surface area contributed by atoms with Crippen LogP contribution in [0.15, 0.2) is 18.2 Å². The number of hydrogen-bond donors (Lipinski definition) is 2. The van der Waals surface area contributed by atoms with E-state index in [0.29, 0.717) is 31.0 Å². The SMILES string of the molecule is COCCN(c1ccc(N)c(C(N)=O)c1)C(C)COC. The summed E-state index contributed by atoms with van der Waals surface area (Å²) >= 11 is 0. The standard InChI is InChI=1S/C14H23N3O3/c1-10(9-20-3)17(6-7-19-2)11-4-5-13(15)12(8-11)14(16)18/h4-5,8,10H,6-7,9,15H2,1-3H3,(H2,16,18). The number of carbonyl (C=O) groups is 1. The van der Waals surface area contributed by atoms with Crippen molar-refractivity contribution < 1.29 is 14.3 Å². The van der Waals surface area contributed by atoms with E-state index in [-0.39, 0.29) is 6.04 Å². The maximum Gasteiger partial charge on any atom is 0.250 e. The van der Waals surface area contributed by atoms with Crippen LogP contribution in [0.4, 0.5) is 11.4 Å². The highest BCUT2D eigenvalue weighted by molar-refractivity contribution is 5.99. The number of nitrogens with two attached hydrogens (primary N) is 2. The van der Waals surface area contributed by atoms with Gasteiger partial charge in [-0.15, -0.1) is 0 Å². The molecule has 1 atom stereocenters. The Morgan fingerprint density at radius 1 is 1.35 bits per heavy atom. The number of ether oxygens (including phenoxy) is 2. The Morgan fingerprint density at radius 3 is 2.60 bits per heavy atom. The molecule has 0 fully saturated rings. The molecule has 6 nitrogen and oxygen atoms in total. The van der Waals surface area contributed by atoms with Crippen LogP contribution < -0.4 is 16.4 Å². The summed E-state index contributed by atoms with van der Waals surface area (Å²) in [5.74, 6) is -0.532. The summed E-state index contributed by atoms with van der Waals surface area (Å²) in [6.07, 6.45) is 0. The summed E-state index contributed by atoms with van der Waals surface area (Å²) in [5, 5.41) is 0. The molecule has 0 aromatic heterocycles. The molecule has 0 spiro atoms. The third-order valence-corrected chi connectivity index (χ3v) is 3.11. The van der Waals surface area contributed by atoms with E-state index in [9.17, 15) is 4.79 Å². The van der Waals surface area contributed by atoms with Gasteiger partial charge in [-0.2, -0.15) is 0 Å². The molecule has 0 aliphatic rings. The molecule has 4 N–H and O–H groups in total. The number of nitrogen functional groups attached to an aromatic ring is 1. The van der Waals surface area contributed by atoms with Crippen molar-refractivity contribution in [2.45, 2.75) is 13.0 Å². The maximum absolute atomic E-state index is 11.4. The molecule has 1 amide bonds. The second-order valence-corrected chi connectivity index (χ2v) is 4.63. The van der Waals surface area contributed by atoms with Gasteiger partial charge in [0.2, 0.25) is 0 Å². The van der Waals surface area contributed by atoms with Crippen molar-refractivity contribution >= 4 is 17.3 Å². The molecule has 0 heterocycles. The van der Waals surface area contributed by atoms with Crippen LogP contribution in [-0.2, 0) is 9.47 Å². The van der Waals surface area contributed by atoms with Crippen molar-refractivity contribution in [3.8, 4) is 0 Å². The summed E-state index contributed by atoms with van der Waals surface area (Å²) in [6, 6.07) is 5.40. The number of amides is 1. The van der Waals surface area contributed by atoms with Crippen LogP contribution in [0.3, 0.4) is 0 Å². The second-order valence-electron chi connectivity index (χ2n) is 4.63. The third kappa shape index (κ3) is 4.11. The number of benzene rings is 1. The van der Waals surface area contributed by atoms with E-state index in [2.05, 4.69) is 4.90 Å². The first kappa shape index (κ1) is 16.3. The van der Waals surface area contributed by atoms with Gasteiger partial charge in [-0.3, -0.25) is 4.79 Å². The van der Waals surface area contributed by atoms with Gasteiger partial charge < -0.3 is 25.8 Å². The van der Waals surface area contributed by atoms with E-state index in [4.69, 9.17) is 20.9 Å². The first-order valence-corrected chi connectivity index (χ1v) is 6.45. The Bertz CT molecular complexity index is 451. The van der Waals surface area contributed by atoms with Gasteiger partial charge in [0, 0.05) is 38.2 Å². The Kier molecular flexibility index (Phi) is 6.27. The quantitative estimate of drug-likeness (QED) is 0.689. The van der Waals surface area contributed by atoms with Crippen molar-refractivity contribution in [3.63, 3.8) is 0 Å². The fraction of sp³-hybridized carbons (Fsp3) is 0.500. The summed E-state index contributed by atoms with van der Waals surface area (Å²) in [6.45, 7) is 3.87. The molecule has 1 aromatic rings. The molecule has 1 aromatic carbocycles. The zero-order chi connectivity index (χ0) is 15.1. The molecule has 0 bridgehead atoms. The van der Waals surface area contributed by atoms with Gasteiger partial charge in [-0.05, 0) is 25.1 Å². The maximum atomic E-state index is 11.4. The zero-order valence-corrected chi connectivity index (χ0v) is 12.3. The molecule has 1 unspecified atom stereocenters. The van der Waals surface area contributed by atoms with Gasteiger partial charge in [0.05, 0.1) is 18.8 Å². The van der Waals surface area contributed by atoms with Crippen molar-refractivity contribution in [1.82, 2.24) is 0 Å². The fourth-order valence-electron chi connectivity index (χ4n) is 2.06. The van der Waals surface area contributed by atoms with E-state index in [0.717, 1.165) is 5.69 Å². The molecule has 112 valence electrons. The van der Waals surface area contributed by atoms with Crippen LogP contribution in [0.1, 0.15) is 17.3 Å². The topological polar surface area (TPSA) is 90.8 Å². The van der Waals surface area contributed by atoms with Gasteiger partial charge in [0.15, 0.2) is 0 Å². The lowest BCUT2D eigenvalue weighted by atomic mass is 10.1. The molecule has 0 saturated carbocycles. The van der Waals surface area contributed by atoms with Crippen LogP contribution in [-0.4, -0.2) is 45.9 Å². The van der Waals surface area contributed by atoms with Crippen molar-refractivity contribution in [3.05, 3.63) is 23.8 Å². The molecule has 1 rings (SSSR count). The van der Waals surface area contributed by atoms with Crippen LogP contribution in [0, 0.1) is 0 Å². The van der Waals surface area contributed by atoms with E-state index < -0.39 is 5.91 Å². The van der Waals surface area contributed by atoms with E-state index in [1.807, 2.05) is 13.0 Å². The number of carbonyl (C=O) groups excluding carboxylic acids is 1. The van der Waals surface area contributed by atoms with Gasteiger partial charge >= 0.3 is 0 Å². The zero-order valence-electron chi connectivity index (χ0n) is 12.3. The van der Waals surface area contributed by atoms with Crippen LogP contribution in [0.2, 0.25) is 0 Å². The van der Waals surface area contributed by atoms with Gasteiger partial charge in [0.25, 0.3) is 5.91 Å². The highest BCUT2D eigenvalue weighted by atomic mass is 16.5. The van der Waals surface area contributed by atoms with E-state index in [1.165, 1.54) is 0 Å². The number of nitrogens with zero attached hydrogens (tertiary/aromatic N) is 1. The summed E-state index contributed by atoms with van der Waals surface area (Å²) in [4.78, 5) is 13.5. The number of methoxy groups -OCH3 is 2. The number of primary amides is 1. The monoisotopic (exact) mass is 281 g/mol. The molecule has 20 heavy (non-hydrogen) atoms. The third-order valence-electron chi connectivity index (χ3n) is 3.11. The van der Waals surface area contributed by atoms with E-state index >= 15 is 0 Å². The molecule has 0 saturated heterocycles. The van der Waals surface area contributed by atoms with Crippen LogP contribution in [0.5, 0.6) is 0 Å². The molecule has 0 aliphatic carbocycles. The van der Waals surface area contributed by atoms with Gasteiger partial charge in [-0.25, -0.2) is 0 Å². The molecular formula is C14H23N3O3. The van der Waals surface area contributed by atoms with Gasteiger partial charge in [-0.1, -0.05) is 0 Å². The first-order chi connectivity index (χ1) is 9.51. The normalized spacial score (nSPS) is 12.2. The summed E-state index contributed by atoms with van der Waals surface area (Å²) < 4.78 is 10.3. The second kappa shape index (κ2) is 7.72. The van der Waals surface area contributed by atoms with E-state index in [1.54, 1.807) is 26.4 Å². The summed E-state index contributed by atoms with van der Waals surface area (Å²) in [5.41, 5.74) is 12.7. The van der Waals surface area contributed by atoms with Crippen LogP contribution in [0.25, 0.3) is 0 Å². The number of anilines is 2. The highest BCUT2D eigenvalue weighted by Crippen LogP contribution is 2.23. The Morgan fingerprint density at radius 2 is 2.05 bits per heavy atom. The average Bonchev–Trinajstić information content (AvgIpc) is 2.40. The summed E-state index contributed by atoms with van der Waals surface area (Å²) in [7, 11) is 3.31. The lowest BCUT2D eigenvalue weighted by molar-refractivity contribution is 0.100. The number of rotatable bonds is 8. The van der Waals surface area contributed by atoms with Crippen molar-refractivity contribution in [2.24, 2.45) is 5.73 Å². The minimum Gasteiger partial charge on any atom is -0.398 e. The minimum absolute atomic E-state index is 0.138. The fourth-order valence-corrected chi connectivity index (χ4v) is 2.06. The molecule has 0 radical (unpaired) electrons. The predicted molar refractivity (Wildman–Crippen MR) is 79.9 cm³/mol. The number of hydrogen-bond acceptors (Lipinski definition) is 5. The highest BCUT2D eigenvalue weighted by Gasteiger charge is 2.16. The average molecular weight is 281 g/mol. The van der Waals surface area contributed by atoms with Crippen molar-refractivity contribution in [1.29, 1.82) is 0 Å². The lowest BCUT2D eigenvalue weighted by Gasteiger charge is -2.31. The van der Waals surface area contributed by atoms with Crippen molar-refractivity contribution in [2.75, 3.05) is 44.6 Å².